The van der Waals surface area contributed by atoms with E-state index in [0.717, 1.165) is 19.3 Å². The fraction of sp³-hybridized carbons (Fsp3) is 0.923. The number of rotatable bonds is 2. The molecule has 0 aromatic heterocycles. The molecule has 1 N–H and O–H groups in total. The SMILES string of the molecule is CS(=O)(=O)N1CCCC1C(=O)N1CC2CCC(O)C2C1. The van der Waals surface area contributed by atoms with Crippen molar-refractivity contribution in [2.45, 2.75) is 37.8 Å². The summed E-state index contributed by atoms with van der Waals surface area (Å²) >= 11 is 0. The Bertz CT molecular complexity index is 507. The lowest BCUT2D eigenvalue weighted by molar-refractivity contribution is -0.134. The quantitative estimate of drug-likeness (QED) is 0.755. The van der Waals surface area contributed by atoms with E-state index in [2.05, 4.69) is 0 Å². The lowest BCUT2D eigenvalue weighted by Crippen LogP contribution is -2.47. The van der Waals surface area contributed by atoms with Crippen molar-refractivity contribution in [3.05, 3.63) is 0 Å². The first-order valence-corrected chi connectivity index (χ1v) is 9.16. The van der Waals surface area contributed by atoms with Crippen molar-refractivity contribution in [3.8, 4) is 0 Å². The van der Waals surface area contributed by atoms with E-state index < -0.39 is 16.1 Å². The van der Waals surface area contributed by atoms with E-state index in [-0.39, 0.29) is 17.9 Å². The molecule has 114 valence electrons. The molecule has 6 nitrogen and oxygen atoms in total. The summed E-state index contributed by atoms with van der Waals surface area (Å²) in [5.41, 5.74) is 0. The number of nitrogens with zero attached hydrogens (tertiary/aromatic N) is 2. The predicted molar refractivity (Wildman–Crippen MR) is 73.4 cm³/mol. The van der Waals surface area contributed by atoms with Crippen LogP contribution in [0.3, 0.4) is 0 Å². The lowest BCUT2D eigenvalue weighted by Gasteiger charge is -2.27. The van der Waals surface area contributed by atoms with Gasteiger partial charge in [-0.05, 0) is 31.6 Å². The number of sulfonamides is 1. The van der Waals surface area contributed by atoms with E-state index in [9.17, 15) is 18.3 Å². The molecule has 0 aromatic carbocycles. The van der Waals surface area contributed by atoms with Gasteiger partial charge in [-0.15, -0.1) is 0 Å². The Kier molecular flexibility index (Phi) is 3.54. The Morgan fingerprint density at radius 2 is 1.95 bits per heavy atom. The third-order valence-electron chi connectivity index (χ3n) is 5.05. The van der Waals surface area contributed by atoms with Crippen LogP contribution in [0.5, 0.6) is 0 Å². The maximum Gasteiger partial charge on any atom is 0.241 e. The highest BCUT2D eigenvalue weighted by atomic mass is 32.2. The number of amides is 1. The van der Waals surface area contributed by atoms with Crippen molar-refractivity contribution in [2.75, 3.05) is 25.9 Å². The molecule has 2 heterocycles. The second kappa shape index (κ2) is 4.96. The van der Waals surface area contributed by atoms with Crippen LogP contribution < -0.4 is 0 Å². The third-order valence-corrected chi connectivity index (χ3v) is 6.33. The van der Waals surface area contributed by atoms with Crippen LogP contribution in [0.4, 0.5) is 0 Å². The summed E-state index contributed by atoms with van der Waals surface area (Å²) in [6, 6.07) is -0.527. The van der Waals surface area contributed by atoms with Gasteiger partial charge in [0.15, 0.2) is 0 Å². The topological polar surface area (TPSA) is 77.9 Å². The summed E-state index contributed by atoms with van der Waals surface area (Å²) in [5.74, 6) is 0.503. The first kappa shape index (κ1) is 14.3. The average molecular weight is 302 g/mol. The van der Waals surface area contributed by atoms with Crippen LogP contribution in [0, 0.1) is 11.8 Å². The van der Waals surface area contributed by atoms with Crippen molar-refractivity contribution in [3.63, 3.8) is 0 Å². The zero-order valence-electron chi connectivity index (χ0n) is 11.7. The minimum Gasteiger partial charge on any atom is -0.393 e. The van der Waals surface area contributed by atoms with Crippen LogP contribution in [-0.4, -0.2) is 66.7 Å². The summed E-state index contributed by atoms with van der Waals surface area (Å²) in [6.07, 6.45) is 4.02. The molecule has 4 unspecified atom stereocenters. The molecule has 3 fully saturated rings. The van der Waals surface area contributed by atoms with Crippen LogP contribution in [-0.2, 0) is 14.8 Å². The van der Waals surface area contributed by atoms with E-state index in [1.807, 2.05) is 0 Å². The fourth-order valence-corrected chi connectivity index (χ4v) is 5.13. The first-order chi connectivity index (χ1) is 9.38. The van der Waals surface area contributed by atoms with Gasteiger partial charge in [-0.2, -0.15) is 4.31 Å². The van der Waals surface area contributed by atoms with Gasteiger partial charge in [0, 0.05) is 25.6 Å². The standard InChI is InChI=1S/C13H22N2O4S/c1-20(18,19)15-6-2-3-11(15)13(17)14-7-9-4-5-12(16)10(9)8-14/h9-12,16H,2-8H2,1H3. The molecule has 0 radical (unpaired) electrons. The Hall–Kier alpha value is -0.660. The van der Waals surface area contributed by atoms with Gasteiger partial charge in [0.25, 0.3) is 0 Å². The maximum absolute atomic E-state index is 12.6. The van der Waals surface area contributed by atoms with Gasteiger partial charge < -0.3 is 10.0 Å². The zero-order valence-corrected chi connectivity index (χ0v) is 12.6. The summed E-state index contributed by atoms with van der Waals surface area (Å²) in [6.45, 7) is 1.70. The van der Waals surface area contributed by atoms with E-state index in [1.54, 1.807) is 4.90 Å². The van der Waals surface area contributed by atoms with E-state index in [1.165, 1.54) is 10.6 Å². The largest absolute Gasteiger partial charge is 0.393 e. The molecule has 7 heteroatoms. The predicted octanol–water partition coefficient (Wildman–Crippen LogP) is -0.360. The fourth-order valence-electron chi connectivity index (χ4n) is 4.01. The Morgan fingerprint density at radius 1 is 1.20 bits per heavy atom. The molecule has 3 rings (SSSR count). The van der Waals surface area contributed by atoms with Crippen LogP contribution in [0.25, 0.3) is 0 Å². The number of aliphatic hydroxyl groups excluding tert-OH is 1. The number of aliphatic hydroxyl groups is 1. The Labute approximate surface area is 119 Å². The van der Waals surface area contributed by atoms with Gasteiger partial charge in [-0.3, -0.25) is 4.79 Å². The van der Waals surface area contributed by atoms with Crippen LogP contribution >= 0.6 is 0 Å². The van der Waals surface area contributed by atoms with Crippen molar-refractivity contribution in [2.24, 2.45) is 11.8 Å². The van der Waals surface area contributed by atoms with Crippen LogP contribution in [0.15, 0.2) is 0 Å². The highest BCUT2D eigenvalue weighted by Crippen LogP contribution is 2.38. The monoisotopic (exact) mass is 302 g/mol. The summed E-state index contributed by atoms with van der Waals surface area (Å²) in [5, 5.41) is 9.90. The molecule has 2 aliphatic heterocycles. The first-order valence-electron chi connectivity index (χ1n) is 7.31. The molecule has 2 saturated heterocycles. The molecule has 1 amide bonds. The molecule has 0 bridgehead atoms. The number of fused-ring (bicyclic) bond motifs is 1. The molecule has 3 aliphatic rings. The normalized spacial score (nSPS) is 38.4. The van der Waals surface area contributed by atoms with Crippen molar-refractivity contribution < 1.29 is 18.3 Å². The summed E-state index contributed by atoms with van der Waals surface area (Å²) < 4.78 is 24.8. The number of carbonyl (C=O) groups excluding carboxylic acids is 1. The van der Waals surface area contributed by atoms with E-state index >= 15 is 0 Å². The van der Waals surface area contributed by atoms with Crippen molar-refractivity contribution >= 4 is 15.9 Å². The zero-order chi connectivity index (χ0) is 14.5. The van der Waals surface area contributed by atoms with Gasteiger partial charge in [-0.25, -0.2) is 8.42 Å². The minimum absolute atomic E-state index is 0.0745. The van der Waals surface area contributed by atoms with Gasteiger partial charge in [0.1, 0.15) is 6.04 Å². The molecule has 0 aromatic rings. The highest BCUT2D eigenvalue weighted by molar-refractivity contribution is 7.88. The van der Waals surface area contributed by atoms with E-state index in [0.29, 0.717) is 32.0 Å². The third kappa shape index (κ3) is 2.35. The molecular formula is C13H22N2O4S. The van der Waals surface area contributed by atoms with Crippen LogP contribution in [0.2, 0.25) is 0 Å². The molecular weight excluding hydrogens is 280 g/mol. The number of carbonyl (C=O) groups is 1. The molecule has 4 atom stereocenters. The molecule has 1 aliphatic carbocycles. The number of hydrogen-bond donors (Lipinski definition) is 1. The number of hydrogen-bond acceptors (Lipinski definition) is 4. The minimum atomic E-state index is -3.32. The second-order valence-corrected chi connectivity index (χ2v) is 8.28. The van der Waals surface area contributed by atoms with Crippen LogP contribution in [0.1, 0.15) is 25.7 Å². The maximum atomic E-state index is 12.6. The van der Waals surface area contributed by atoms with Gasteiger partial charge in [0.05, 0.1) is 12.4 Å². The Balaban J connectivity index is 1.71. The smallest absolute Gasteiger partial charge is 0.241 e. The average Bonchev–Trinajstić information content (AvgIpc) is 3.04. The molecule has 20 heavy (non-hydrogen) atoms. The second-order valence-electron chi connectivity index (χ2n) is 6.34. The molecule has 0 spiro atoms. The summed E-state index contributed by atoms with van der Waals surface area (Å²) in [7, 11) is -3.32. The Morgan fingerprint density at radius 3 is 2.60 bits per heavy atom. The highest BCUT2D eigenvalue weighted by Gasteiger charge is 2.46. The van der Waals surface area contributed by atoms with Crippen molar-refractivity contribution in [1.29, 1.82) is 0 Å². The lowest BCUT2D eigenvalue weighted by atomic mass is 10.00. The molecule has 1 saturated carbocycles. The van der Waals surface area contributed by atoms with E-state index in [4.69, 9.17) is 0 Å². The van der Waals surface area contributed by atoms with Crippen molar-refractivity contribution in [1.82, 2.24) is 9.21 Å². The van der Waals surface area contributed by atoms with Gasteiger partial charge in [-0.1, -0.05) is 0 Å². The van der Waals surface area contributed by atoms with Gasteiger partial charge in [0.2, 0.25) is 15.9 Å². The summed E-state index contributed by atoms with van der Waals surface area (Å²) in [4.78, 5) is 14.4. The van der Waals surface area contributed by atoms with Gasteiger partial charge >= 0.3 is 0 Å². The number of likely N-dealkylation sites (tertiary alicyclic amines) is 1.